The molecular formula is C38H24F2. The number of halogens is 2. The lowest BCUT2D eigenvalue weighted by Gasteiger charge is -2.20. The Bertz CT molecular complexity index is 1990. The summed E-state index contributed by atoms with van der Waals surface area (Å²) >= 11 is 0. The van der Waals surface area contributed by atoms with Crippen LogP contribution in [0.25, 0.3) is 78.6 Å². The highest BCUT2D eigenvalue weighted by Gasteiger charge is 2.30. The van der Waals surface area contributed by atoms with Crippen LogP contribution in [0, 0.1) is 11.6 Å². The van der Waals surface area contributed by atoms with Gasteiger partial charge in [-0.2, -0.15) is 0 Å². The van der Waals surface area contributed by atoms with Crippen LogP contribution in [-0.2, 0) is 0 Å². The van der Waals surface area contributed by atoms with Crippen LogP contribution >= 0.6 is 0 Å². The van der Waals surface area contributed by atoms with Crippen LogP contribution in [0.3, 0.4) is 0 Å². The first-order chi connectivity index (χ1) is 19.7. The summed E-state index contributed by atoms with van der Waals surface area (Å²) in [5.74, 6) is -0.490. The van der Waals surface area contributed by atoms with Crippen LogP contribution in [0.5, 0.6) is 0 Å². The Labute approximate surface area is 231 Å². The summed E-state index contributed by atoms with van der Waals surface area (Å²) in [6.45, 7) is 0. The molecule has 0 aromatic heterocycles. The number of hydrogen-bond acceptors (Lipinski definition) is 0. The molecule has 0 amide bonds. The van der Waals surface area contributed by atoms with Gasteiger partial charge in [-0.05, 0) is 114 Å². The second kappa shape index (κ2) is 8.86. The molecule has 6 aromatic rings. The molecule has 0 unspecified atom stereocenters. The minimum atomic E-state index is -0.245. The van der Waals surface area contributed by atoms with Crippen LogP contribution in [0.15, 0.2) is 109 Å². The minimum absolute atomic E-state index is 0.245. The molecule has 0 saturated carbocycles. The normalized spacial score (nSPS) is 12.9. The van der Waals surface area contributed by atoms with Crippen LogP contribution in [-0.4, -0.2) is 0 Å². The van der Waals surface area contributed by atoms with Gasteiger partial charge in [-0.1, -0.05) is 97.1 Å². The quantitative estimate of drug-likeness (QED) is 0.219. The molecule has 2 heteroatoms. The Balaban J connectivity index is 1.57. The summed E-state index contributed by atoms with van der Waals surface area (Å²) in [6.07, 6.45) is 6.52. The van der Waals surface area contributed by atoms with Crippen molar-refractivity contribution in [2.24, 2.45) is 0 Å². The van der Waals surface area contributed by atoms with Crippen LogP contribution < -0.4 is 10.4 Å². The highest BCUT2D eigenvalue weighted by molar-refractivity contribution is 6.23. The summed E-state index contributed by atoms with van der Waals surface area (Å²) in [7, 11) is 0. The monoisotopic (exact) mass is 518 g/mol. The van der Waals surface area contributed by atoms with Gasteiger partial charge in [-0.3, -0.25) is 0 Å². The van der Waals surface area contributed by atoms with Crippen molar-refractivity contribution in [1.29, 1.82) is 0 Å². The van der Waals surface area contributed by atoms with Gasteiger partial charge in [-0.15, -0.1) is 0 Å². The molecule has 2 aliphatic rings. The first kappa shape index (κ1) is 23.1. The first-order valence-electron chi connectivity index (χ1n) is 13.7. The van der Waals surface area contributed by atoms with E-state index in [2.05, 4.69) is 66.7 Å². The van der Waals surface area contributed by atoms with E-state index < -0.39 is 0 Å². The summed E-state index contributed by atoms with van der Waals surface area (Å²) < 4.78 is 28.2. The molecule has 40 heavy (non-hydrogen) atoms. The second-order valence-electron chi connectivity index (χ2n) is 10.6. The average molecular weight is 519 g/mol. The van der Waals surface area contributed by atoms with Gasteiger partial charge < -0.3 is 0 Å². The van der Waals surface area contributed by atoms with E-state index in [0.29, 0.717) is 0 Å². The van der Waals surface area contributed by atoms with Crippen molar-refractivity contribution in [1.82, 2.24) is 0 Å². The van der Waals surface area contributed by atoms with Crippen molar-refractivity contribution in [3.8, 4) is 55.6 Å². The second-order valence-corrected chi connectivity index (χ2v) is 10.6. The smallest absolute Gasteiger partial charge is 0.123 e. The van der Waals surface area contributed by atoms with Gasteiger partial charge in [-0.25, -0.2) is 8.78 Å². The topological polar surface area (TPSA) is 0 Å². The third-order valence-electron chi connectivity index (χ3n) is 8.37. The molecule has 190 valence electrons. The highest BCUT2D eigenvalue weighted by Crippen LogP contribution is 2.54. The molecule has 0 N–H and O–H groups in total. The Morgan fingerprint density at radius 1 is 0.400 bits per heavy atom. The van der Waals surface area contributed by atoms with Crippen LogP contribution in [0.1, 0.15) is 12.8 Å². The fourth-order valence-electron chi connectivity index (χ4n) is 6.73. The third kappa shape index (κ3) is 3.36. The van der Waals surface area contributed by atoms with Crippen molar-refractivity contribution >= 4 is 22.9 Å². The Morgan fingerprint density at radius 3 is 1.50 bits per heavy atom. The maximum atomic E-state index is 14.1. The van der Waals surface area contributed by atoms with Crippen molar-refractivity contribution < 1.29 is 8.78 Å². The fourth-order valence-corrected chi connectivity index (χ4v) is 6.73. The molecule has 6 aromatic carbocycles. The molecule has 8 rings (SSSR count). The predicted octanol–water partition coefficient (Wildman–Crippen LogP) is 9.12. The zero-order chi connectivity index (χ0) is 26.8. The van der Waals surface area contributed by atoms with E-state index in [1.165, 1.54) is 54.6 Å². The number of benzene rings is 6. The van der Waals surface area contributed by atoms with Gasteiger partial charge in [0.05, 0.1) is 0 Å². The minimum Gasteiger partial charge on any atom is -0.207 e. The van der Waals surface area contributed by atoms with E-state index in [0.717, 1.165) is 35.1 Å². The summed E-state index contributed by atoms with van der Waals surface area (Å²) in [5.41, 5.74) is 11.4. The number of hydrogen-bond donors (Lipinski definition) is 0. The SMILES string of the molecule is Fc1ccc(-c2c3c(c(-c4ccc(F)cc4)c4c2=CCCC=4)-c2ccc(-c4ccccc4)c4cccc-3c24)cc1. The van der Waals surface area contributed by atoms with E-state index in [-0.39, 0.29) is 11.6 Å². The first-order valence-corrected chi connectivity index (χ1v) is 13.7. The Kier molecular flexibility index (Phi) is 5.12. The van der Waals surface area contributed by atoms with Gasteiger partial charge >= 0.3 is 0 Å². The van der Waals surface area contributed by atoms with Crippen molar-refractivity contribution in [3.05, 3.63) is 131 Å². The number of fused-ring (bicyclic) bond motifs is 4. The summed E-state index contributed by atoms with van der Waals surface area (Å²) in [4.78, 5) is 0. The van der Waals surface area contributed by atoms with E-state index in [1.54, 1.807) is 24.3 Å². The summed E-state index contributed by atoms with van der Waals surface area (Å²) in [5, 5.41) is 4.78. The fraction of sp³-hybridized carbons (Fsp3) is 0.0526. The lowest BCUT2D eigenvalue weighted by molar-refractivity contribution is 0.627. The summed E-state index contributed by atoms with van der Waals surface area (Å²) in [6, 6.07) is 35.3. The molecule has 0 nitrogen and oxygen atoms in total. The van der Waals surface area contributed by atoms with E-state index in [9.17, 15) is 8.78 Å². The van der Waals surface area contributed by atoms with Crippen LogP contribution in [0.2, 0.25) is 0 Å². The molecule has 0 bridgehead atoms. The van der Waals surface area contributed by atoms with Crippen molar-refractivity contribution in [3.63, 3.8) is 0 Å². The van der Waals surface area contributed by atoms with Gasteiger partial charge in [0, 0.05) is 0 Å². The van der Waals surface area contributed by atoms with Gasteiger partial charge in [0.2, 0.25) is 0 Å². The molecule has 2 aliphatic carbocycles. The standard InChI is InChI=1S/C38H24F2/c39-26-17-13-24(14-18-26)34-30-9-4-5-10-31(30)35(25-15-19-27(40)20-16-25)38-33-22-21-28(23-7-2-1-3-8-23)29-11-6-12-32(36(29)33)37(34)38/h1-3,6-22H,4-5H2. The van der Waals surface area contributed by atoms with E-state index in [4.69, 9.17) is 0 Å². The molecule has 0 spiro atoms. The van der Waals surface area contributed by atoms with E-state index in [1.807, 2.05) is 30.3 Å². The molecular weight excluding hydrogens is 494 g/mol. The van der Waals surface area contributed by atoms with Crippen molar-refractivity contribution in [2.75, 3.05) is 0 Å². The molecule has 0 radical (unpaired) electrons. The Morgan fingerprint density at radius 2 is 0.925 bits per heavy atom. The van der Waals surface area contributed by atoms with E-state index >= 15 is 0 Å². The third-order valence-corrected chi connectivity index (χ3v) is 8.37. The van der Waals surface area contributed by atoms with Gasteiger partial charge in [0.25, 0.3) is 0 Å². The maximum Gasteiger partial charge on any atom is 0.123 e. The average Bonchev–Trinajstić information content (AvgIpc) is 3.33. The van der Waals surface area contributed by atoms with Gasteiger partial charge in [0.15, 0.2) is 0 Å². The van der Waals surface area contributed by atoms with Crippen LogP contribution in [0.4, 0.5) is 8.78 Å². The van der Waals surface area contributed by atoms with Crippen molar-refractivity contribution in [2.45, 2.75) is 12.8 Å². The maximum absolute atomic E-state index is 14.1. The zero-order valence-electron chi connectivity index (χ0n) is 21.7. The molecule has 0 aliphatic heterocycles. The lowest BCUT2D eigenvalue weighted by atomic mass is 9.83. The zero-order valence-corrected chi connectivity index (χ0v) is 21.7. The molecule has 0 saturated heterocycles. The molecule has 0 heterocycles. The number of rotatable bonds is 3. The molecule has 0 fully saturated rings. The molecule has 0 atom stereocenters. The van der Waals surface area contributed by atoms with Gasteiger partial charge in [0.1, 0.15) is 11.6 Å². The largest absolute Gasteiger partial charge is 0.207 e. The predicted molar refractivity (Wildman–Crippen MR) is 162 cm³/mol. The lowest BCUT2D eigenvalue weighted by Crippen LogP contribution is -2.32. The Hall–Kier alpha value is -4.82. The highest BCUT2D eigenvalue weighted by atomic mass is 19.1.